The van der Waals surface area contributed by atoms with Crippen LogP contribution in [0.15, 0.2) is 29.3 Å². The van der Waals surface area contributed by atoms with Gasteiger partial charge in [-0.05, 0) is 37.6 Å². The summed E-state index contributed by atoms with van der Waals surface area (Å²) < 4.78 is 7.94. The molecule has 3 rings (SSSR count). The first-order chi connectivity index (χ1) is 12.7. The van der Waals surface area contributed by atoms with E-state index in [4.69, 9.17) is 21.3 Å². The van der Waals surface area contributed by atoms with E-state index in [1.807, 2.05) is 31.3 Å². The molecule has 0 amide bonds. The SMILES string of the molecule is CCNC(=NCc1nnc2n1CCC2)N(C)CCOc1ccc(Cl)cc1.I. The molecule has 0 aliphatic carbocycles. The van der Waals surface area contributed by atoms with Crippen LogP contribution in [0.3, 0.4) is 0 Å². The zero-order valence-corrected chi connectivity index (χ0v) is 18.8. The second-order valence-corrected chi connectivity index (χ2v) is 6.62. The van der Waals surface area contributed by atoms with Crippen LogP contribution >= 0.6 is 35.6 Å². The first-order valence-electron chi connectivity index (χ1n) is 8.96. The molecule has 2 aromatic rings. The number of rotatable bonds is 7. The molecule has 0 atom stereocenters. The van der Waals surface area contributed by atoms with E-state index >= 15 is 0 Å². The molecular formula is C18H26ClIN6O. The fourth-order valence-corrected chi connectivity index (χ4v) is 3.01. The van der Waals surface area contributed by atoms with E-state index in [-0.39, 0.29) is 24.0 Å². The highest BCUT2D eigenvalue weighted by atomic mass is 127. The van der Waals surface area contributed by atoms with E-state index in [9.17, 15) is 0 Å². The van der Waals surface area contributed by atoms with Crippen LogP contribution in [0.5, 0.6) is 5.75 Å². The standard InChI is InChI=1S/C18H25ClN6O.HI/c1-3-20-18(21-13-17-23-22-16-5-4-10-25(16)17)24(2)11-12-26-15-8-6-14(19)7-9-15;/h6-9H,3-5,10-13H2,1-2H3,(H,20,21);1H. The van der Waals surface area contributed by atoms with Gasteiger partial charge in [-0.2, -0.15) is 0 Å². The first-order valence-corrected chi connectivity index (χ1v) is 9.34. The van der Waals surface area contributed by atoms with Gasteiger partial charge in [0.25, 0.3) is 0 Å². The van der Waals surface area contributed by atoms with Crippen molar-refractivity contribution in [1.82, 2.24) is 25.0 Å². The van der Waals surface area contributed by atoms with Crippen molar-refractivity contribution in [2.45, 2.75) is 32.9 Å². The predicted molar refractivity (Wildman–Crippen MR) is 118 cm³/mol. The Balaban J connectivity index is 0.00000261. The summed E-state index contributed by atoms with van der Waals surface area (Å²) in [5, 5.41) is 12.5. The van der Waals surface area contributed by atoms with Crippen molar-refractivity contribution >= 4 is 41.5 Å². The lowest BCUT2D eigenvalue weighted by Crippen LogP contribution is -2.40. The van der Waals surface area contributed by atoms with Gasteiger partial charge in [0.1, 0.15) is 24.7 Å². The third kappa shape index (κ3) is 5.97. The Kier molecular flexibility index (Phi) is 8.62. The van der Waals surface area contributed by atoms with Crippen molar-refractivity contribution in [3.63, 3.8) is 0 Å². The highest BCUT2D eigenvalue weighted by Crippen LogP contribution is 2.16. The van der Waals surface area contributed by atoms with E-state index in [1.165, 1.54) is 0 Å². The first kappa shape index (κ1) is 21.7. The van der Waals surface area contributed by atoms with Crippen LogP contribution in [-0.4, -0.2) is 52.4 Å². The van der Waals surface area contributed by atoms with E-state index < -0.39 is 0 Å². The van der Waals surface area contributed by atoms with Gasteiger partial charge in [-0.1, -0.05) is 11.6 Å². The molecule has 0 saturated carbocycles. The van der Waals surface area contributed by atoms with Gasteiger partial charge < -0.3 is 19.5 Å². The maximum atomic E-state index is 5.89. The number of aryl methyl sites for hydroxylation is 1. The van der Waals surface area contributed by atoms with Gasteiger partial charge in [-0.25, -0.2) is 4.99 Å². The Bertz CT molecular complexity index is 749. The lowest BCUT2D eigenvalue weighted by molar-refractivity contribution is 0.281. The van der Waals surface area contributed by atoms with Crippen LogP contribution in [0.4, 0.5) is 0 Å². The molecule has 1 aliphatic heterocycles. The highest BCUT2D eigenvalue weighted by molar-refractivity contribution is 14.0. The predicted octanol–water partition coefficient (Wildman–Crippen LogP) is 2.97. The number of nitrogens with zero attached hydrogens (tertiary/aromatic N) is 5. The minimum absolute atomic E-state index is 0. The van der Waals surface area contributed by atoms with Gasteiger partial charge in [-0.15, -0.1) is 34.2 Å². The summed E-state index contributed by atoms with van der Waals surface area (Å²) in [5.41, 5.74) is 0. The number of guanidine groups is 1. The smallest absolute Gasteiger partial charge is 0.194 e. The molecule has 0 radical (unpaired) electrons. The quantitative estimate of drug-likeness (QED) is 0.357. The fourth-order valence-electron chi connectivity index (χ4n) is 2.88. The third-order valence-corrected chi connectivity index (χ3v) is 4.51. The third-order valence-electron chi connectivity index (χ3n) is 4.26. The Morgan fingerprint density at radius 3 is 2.85 bits per heavy atom. The number of aromatic nitrogens is 3. The zero-order valence-electron chi connectivity index (χ0n) is 15.7. The summed E-state index contributed by atoms with van der Waals surface area (Å²) >= 11 is 5.89. The van der Waals surface area contributed by atoms with E-state index in [1.54, 1.807) is 0 Å². The molecule has 27 heavy (non-hydrogen) atoms. The van der Waals surface area contributed by atoms with Crippen LogP contribution in [0.2, 0.25) is 5.02 Å². The molecule has 0 bridgehead atoms. The number of fused-ring (bicyclic) bond motifs is 1. The number of benzene rings is 1. The van der Waals surface area contributed by atoms with Crippen molar-refractivity contribution in [2.24, 2.45) is 4.99 Å². The van der Waals surface area contributed by atoms with Gasteiger partial charge in [0.2, 0.25) is 0 Å². The average molecular weight is 505 g/mol. The molecule has 1 N–H and O–H groups in total. The van der Waals surface area contributed by atoms with Crippen LogP contribution < -0.4 is 10.1 Å². The number of halogens is 2. The summed E-state index contributed by atoms with van der Waals surface area (Å²) in [6, 6.07) is 7.38. The van der Waals surface area contributed by atoms with E-state index in [0.717, 1.165) is 49.3 Å². The molecule has 9 heteroatoms. The summed E-state index contributed by atoms with van der Waals surface area (Å²) in [5.74, 6) is 3.65. The van der Waals surface area contributed by atoms with E-state index in [2.05, 4.69) is 31.9 Å². The molecule has 1 aromatic heterocycles. The number of aliphatic imine (C=N–C) groups is 1. The molecule has 2 heterocycles. The molecule has 1 aliphatic rings. The number of hydrogen-bond acceptors (Lipinski definition) is 4. The Morgan fingerprint density at radius 1 is 1.33 bits per heavy atom. The van der Waals surface area contributed by atoms with Crippen molar-refractivity contribution in [3.8, 4) is 5.75 Å². The van der Waals surface area contributed by atoms with Crippen LogP contribution in [-0.2, 0) is 19.5 Å². The Morgan fingerprint density at radius 2 is 2.11 bits per heavy atom. The second kappa shape index (κ2) is 10.7. The maximum Gasteiger partial charge on any atom is 0.194 e. The molecule has 0 fully saturated rings. The molecule has 148 valence electrons. The molecule has 7 nitrogen and oxygen atoms in total. The Hall–Kier alpha value is -1.55. The van der Waals surface area contributed by atoms with Gasteiger partial charge in [0, 0.05) is 31.6 Å². The van der Waals surface area contributed by atoms with Crippen molar-refractivity contribution in [2.75, 3.05) is 26.7 Å². The number of likely N-dealkylation sites (N-methyl/N-ethyl adjacent to an activating group) is 1. The monoisotopic (exact) mass is 504 g/mol. The molecule has 0 unspecified atom stereocenters. The number of nitrogens with one attached hydrogen (secondary N) is 1. The Labute approximate surface area is 182 Å². The van der Waals surface area contributed by atoms with Gasteiger partial charge in [-0.3, -0.25) is 0 Å². The lowest BCUT2D eigenvalue weighted by atomic mass is 10.3. The number of hydrogen-bond donors (Lipinski definition) is 1. The van der Waals surface area contributed by atoms with E-state index in [0.29, 0.717) is 24.7 Å². The molecule has 1 aromatic carbocycles. The van der Waals surface area contributed by atoms with Gasteiger partial charge in [0.05, 0.1) is 6.54 Å². The lowest BCUT2D eigenvalue weighted by Gasteiger charge is -2.22. The summed E-state index contributed by atoms with van der Waals surface area (Å²) in [6.45, 7) is 5.66. The van der Waals surface area contributed by atoms with Crippen molar-refractivity contribution in [1.29, 1.82) is 0 Å². The topological polar surface area (TPSA) is 67.6 Å². The minimum atomic E-state index is 0. The normalized spacial score (nSPS) is 13.1. The van der Waals surface area contributed by atoms with Crippen molar-refractivity contribution < 1.29 is 4.74 Å². The average Bonchev–Trinajstić information content (AvgIpc) is 3.24. The van der Waals surface area contributed by atoms with Gasteiger partial charge in [0.15, 0.2) is 11.8 Å². The fraction of sp³-hybridized carbons (Fsp3) is 0.500. The van der Waals surface area contributed by atoms with Crippen molar-refractivity contribution in [3.05, 3.63) is 40.9 Å². The van der Waals surface area contributed by atoms with Crippen LogP contribution in [0, 0.1) is 0 Å². The molecule has 0 spiro atoms. The van der Waals surface area contributed by atoms with Gasteiger partial charge >= 0.3 is 0 Å². The van der Waals surface area contributed by atoms with Crippen LogP contribution in [0.1, 0.15) is 25.0 Å². The van der Waals surface area contributed by atoms with Crippen LogP contribution in [0.25, 0.3) is 0 Å². The molecule has 0 saturated heterocycles. The summed E-state index contributed by atoms with van der Waals surface area (Å²) in [7, 11) is 2.00. The summed E-state index contributed by atoms with van der Waals surface area (Å²) in [4.78, 5) is 6.76. The highest BCUT2D eigenvalue weighted by Gasteiger charge is 2.17. The molecular weight excluding hydrogens is 479 g/mol. The second-order valence-electron chi connectivity index (χ2n) is 6.18. The maximum absolute atomic E-state index is 5.89. The zero-order chi connectivity index (χ0) is 18.4. The minimum Gasteiger partial charge on any atom is -0.492 e. The summed E-state index contributed by atoms with van der Waals surface area (Å²) in [6.07, 6.45) is 2.16. The largest absolute Gasteiger partial charge is 0.492 e. The number of ether oxygens (including phenoxy) is 1.